The predicted molar refractivity (Wildman–Crippen MR) is 160 cm³/mol. The van der Waals surface area contributed by atoms with Crippen molar-refractivity contribution in [3.8, 4) is 0 Å². The minimum absolute atomic E-state index is 0.709. The Morgan fingerprint density at radius 2 is 0.925 bits per heavy atom. The molecule has 4 rings (SSSR count). The molecule has 8 heteroatoms. The highest BCUT2D eigenvalue weighted by Gasteiger charge is 2.15. The first kappa shape index (κ1) is 31.7. The Kier molecular flexibility index (Phi) is 16.0. The van der Waals surface area contributed by atoms with Crippen molar-refractivity contribution in [3.63, 3.8) is 0 Å². The molecule has 0 radical (unpaired) electrons. The molecule has 0 aromatic heterocycles. The van der Waals surface area contributed by atoms with Gasteiger partial charge < -0.3 is 29.7 Å². The molecule has 2 aromatic carbocycles. The van der Waals surface area contributed by atoms with Crippen LogP contribution in [0, 0.1) is 0 Å². The highest BCUT2D eigenvalue weighted by Crippen LogP contribution is 2.10. The van der Waals surface area contributed by atoms with Gasteiger partial charge in [-0.15, -0.1) is 0 Å². The lowest BCUT2D eigenvalue weighted by Crippen LogP contribution is -2.34. The molecular formula is C32H48N4O4. The Morgan fingerprint density at radius 1 is 0.550 bits per heavy atom. The van der Waals surface area contributed by atoms with E-state index in [1.54, 1.807) is 0 Å². The lowest BCUT2D eigenvalue weighted by Gasteiger charge is -2.26. The number of piperidine rings is 2. The Labute approximate surface area is 240 Å². The van der Waals surface area contributed by atoms with Crippen molar-refractivity contribution >= 4 is 11.4 Å². The molecule has 2 N–H and O–H groups in total. The van der Waals surface area contributed by atoms with Gasteiger partial charge in [-0.3, -0.25) is 0 Å². The molecule has 0 aliphatic carbocycles. The molecule has 0 saturated carbocycles. The minimum atomic E-state index is 0.709. The van der Waals surface area contributed by atoms with Crippen LogP contribution in [0.4, 0.5) is 0 Å². The van der Waals surface area contributed by atoms with Crippen LogP contribution in [-0.2, 0) is 22.7 Å². The zero-order chi connectivity index (χ0) is 28.1. The summed E-state index contributed by atoms with van der Waals surface area (Å²) in [6.45, 7) is 9.38. The number of rotatable bonds is 14. The van der Waals surface area contributed by atoms with E-state index in [9.17, 15) is 0 Å². The summed E-state index contributed by atoms with van der Waals surface area (Å²) in [5, 5.41) is 24.0. The molecule has 2 aromatic rings. The van der Waals surface area contributed by atoms with Crippen molar-refractivity contribution in [2.75, 3.05) is 52.5 Å². The van der Waals surface area contributed by atoms with E-state index in [-0.39, 0.29) is 0 Å². The van der Waals surface area contributed by atoms with Crippen LogP contribution in [0.1, 0.15) is 62.5 Å². The van der Waals surface area contributed by atoms with Gasteiger partial charge in [-0.05, 0) is 49.9 Å². The smallest absolute Gasteiger partial charge is 0.0716 e. The lowest BCUT2D eigenvalue weighted by atomic mass is 10.1. The highest BCUT2D eigenvalue weighted by molar-refractivity contribution is 5.85. The molecule has 40 heavy (non-hydrogen) atoms. The summed E-state index contributed by atoms with van der Waals surface area (Å²) in [7, 11) is 0. The van der Waals surface area contributed by atoms with Crippen LogP contribution in [0.3, 0.4) is 0 Å². The second-order valence-electron chi connectivity index (χ2n) is 10.5. The van der Waals surface area contributed by atoms with E-state index >= 15 is 0 Å². The molecule has 2 fully saturated rings. The molecule has 0 unspecified atom stereocenters. The third-order valence-electron chi connectivity index (χ3n) is 7.40. The first-order valence-electron chi connectivity index (χ1n) is 14.8. The largest absolute Gasteiger partial charge is 0.411 e. The minimum Gasteiger partial charge on any atom is -0.411 e. The number of hydrogen-bond donors (Lipinski definition) is 2. The standard InChI is InChI=1S/2C16H24N2O2/c2*19-17-16-8-11-18(12-9-16)10-4-5-13-20-14-15-6-2-1-3-7-15/h2*1-3,6-7,19H,4-5,8-14H2. The van der Waals surface area contributed by atoms with Crippen molar-refractivity contribution in [1.82, 2.24) is 9.80 Å². The van der Waals surface area contributed by atoms with Crippen LogP contribution >= 0.6 is 0 Å². The lowest BCUT2D eigenvalue weighted by molar-refractivity contribution is 0.114. The van der Waals surface area contributed by atoms with Gasteiger partial charge in [0, 0.05) is 65.1 Å². The average Bonchev–Trinajstić information content (AvgIpc) is 3.02. The van der Waals surface area contributed by atoms with Crippen LogP contribution in [0.5, 0.6) is 0 Å². The van der Waals surface area contributed by atoms with Crippen molar-refractivity contribution in [2.24, 2.45) is 10.3 Å². The summed E-state index contributed by atoms with van der Waals surface area (Å²) < 4.78 is 11.3. The fourth-order valence-electron chi connectivity index (χ4n) is 4.88. The first-order valence-corrected chi connectivity index (χ1v) is 14.8. The van der Waals surface area contributed by atoms with Gasteiger partial charge in [-0.25, -0.2) is 0 Å². The van der Waals surface area contributed by atoms with Gasteiger partial charge in [0.2, 0.25) is 0 Å². The Hall–Kier alpha value is -2.78. The van der Waals surface area contributed by atoms with Crippen molar-refractivity contribution in [3.05, 3.63) is 71.8 Å². The summed E-state index contributed by atoms with van der Waals surface area (Å²) in [6.07, 6.45) is 8.15. The number of unbranched alkanes of at least 4 members (excludes halogenated alkanes) is 2. The summed E-state index contributed by atoms with van der Waals surface area (Å²) in [4.78, 5) is 4.87. The maximum Gasteiger partial charge on any atom is 0.0716 e. The van der Waals surface area contributed by atoms with Crippen LogP contribution in [0.2, 0.25) is 0 Å². The Morgan fingerprint density at radius 3 is 1.27 bits per heavy atom. The summed E-state index contributed by atoms with van der Waals surface area (Å²) in [5.74, 6) is 0. The molecule has 0 atom stereocenters. The second-order valence-corrected chi connectivity index (χ2v) is 10.5. The number of nitrogens with zero attached hydrogens (tertiary/aromatic N) is 4. The zero-order valence-electron chi connectivity index (χ0n) is 24.0. The van der Waals surface area contributed by atoms with E-state index in [0.29, 0.717) is 13.2 Å². The number of likely N-dealkylation sites (tertiary alicyclic amines) is 2. The fourth-order valence-corrected chi connectivity index (χ4v) is 4.88. The maximum absolute atomic E-state index is 8.70. The third kappa shape index (κ3) is 13.5. The number of ether oxygens (including phenoxy) is 2. The van der Waals surface area contributed by atoms with Crippen LogP contribution in [0.15, 0.2) is 71.0 Å². The molecule has 2 saturated heterocycles. The summed E-state index contributed by atoms with van der Waals surface area (Å²) in [5.41, 5.74) is 4.35. The molecular weight excluding hydrogens is 504 g/mol. The summed E-state index contributed by atoms with van der Waals surface area (Å²) >= 11 is 0. The Bertz CT molecular complexity index is 872. The van der Waals surface area contributed by atoms with E-state index in [1.165, 1.54) is 24.0 Å². The van der Waals surface area contributed by atoms with Crippen LogP contribution < -0.4 is 0 Å². The summed E-state index contributed by atoms with van der Waals surface area (Å²) in [6, 6.07) is 20.6. The quantitative estimate of drug-likeness (QED) is 0.174. The van der Waals surface area contributed by atoms with Crippen molar-refractivity contribution in [1.29, 1.82) is 0 Å². The van der Waals surface area contributed by atoms with Crippen LogP contribution in [-0.4, -0.2) is 84.1 Å². The van der Waals surface area contributed by atoms with Gasteiger partial charge in [-0.1, -0.05) is 71.0 Å². The molecule has 2 aliphatic rings. The number of benzene rings is 2. The average molecular weight is 553 g/mol. The van der Waals surface area contributed by atoms with Gasteiger partial charge in [0.15, 0.2) is 0 Å². The van der Waals surface area contributed by atoms with E-state index in [0.717, 1.165) is 102 Å². The SMILES string of the molecule is ON=C1CCN(CCCCOCc2ccccc2)CC1.ON=C1CCN(CCCCOCc2ccccc2)CC1. The van der Waals surface area contributed by atoms with Crippen molar-refractivity contribution < 1.29 is 19.9 Å². The fraction of sp³-hybridized carbons (Fsp3) is 0.562. The van der Waals surface area contributed by atoms with E-state index in [2.05, 4.69) is 44.4 Å². The number of hydrogen-bond acceptors (Lipinski definition) is 8. The molecule has 0 bridgehead atoms. The molecule has 2 aliphatic heterocycles. The van der Waals surface area contributed by atoms with Gasteiger partial charge in [-0.2, -0.15) is 0 Å². The van der Waals surface area contributed by atoms with Gasteiger partial charge >= 0.3 is 0 Å². The van der Waals surface area contributed by atoms with Crippen LogP contribution in [0.25, 0.3) is 0 Å². The van der Waals surface area contributed by atoms with E-state index in [1.807, 2.05) is 36.4 Å². The van der Waals surface area contributed by atoms with Crippen molar-refractivity contribution in [2.45, 2.75) is 64.6 Å². The first-order chi connectivity index (χ1) is 19.8. The Balaban J connectivity index is 0.000000220. The predicted octanol–water partition coefficient (Wildman–Crippen LogP) is 5.82. The normalized spacial score (nSPS) is 16.3. The monoisotopic (exact) mass is 552 g/mol. The third-order valence-corrected chi connectivity index (χ3v) is 7.40. The van der Waals surface area contributed by atoms with Gasteiger partial charge in [0.1, 0.15) is 0 Å². The number of oxime groups is 2. The van der Waals surface area contributed by atoms with E-state index in [4.69, 9.17) is 19.9 Å². The highest BCUT2D eigenvalue weighted by atomic mass is 16.5. The molecule has 8 nitrogen and oxygen atoms in total. The molecule has 0 spiro atoms. The second kappa shape index (κ2) is 20.2. The van der Waals surface area contributed by atoms with Gasteiger partial charge in [0.05, 0.1) is 24.6 Å². The zero-order valence-corrected chi connectivity index (χ0v) is 24.0. The topological polar surface area (TPSA) is 90.1 Å². The van der Waals surface area contributed by atoms with Gasteiger partial charge in [0.25, 0.3) is 0 Å². The maximum atomic E-state index is 8.70. The molecule has 0 amide bonds. The molecule has 220 valence electrons. The molecule has 2 heterocycles. The van der Waals surface area contributed by atoms with E-state index < -0.39 is 0 Å².